The average molecular weight is 321 g/mol. The van der Waals surface area contributed by atoms with Gasteiger partial charge in [0, 0.05) is 4.88 Å². The standard InChI is InChI=1S/C13H12ClF3N2S/c1-7-6-20-12(10(7)14)11(19-18)8-4-2-3-5-9(8)13(15,16)17/h2-6,11,19H,18H2,1H3. The van der Waals surface area contributed by atoms with Gasteiger partial charge in [0.2, 0.25) is 0 Å². The van der Waals surface area contributed by atoms with Crippen molar-refractivity contribution in [3.63, 3.8) is 0 Å². The summed E-state index contributed by atoms with van der Waals surface area (Å²) in [5, 5.41) is 2.23. The number of thiophene rings is 1. The Bertz CT molecular complexity index is 610. The summed E-state index contributed by atoms with van der Waals surface area (Å²) in [5.41, 5.74) is 2.59. The van der Waals surface area contributed by atoms with Crippen LogP contribution in [0.4, 0.5) is 13.2 Å². The van der Waals surface area contributed by atoms with Gasteiger partial charge >= 0.3 is 6.18 Å². The van der Waals surface area contributed by atoms with Crippen molar-refractivity contribution in [1.29, 1.82) is 0 Å². The van der Waals surface area contributed by atoms with Crippen molar-refractivity contribution < 1.29 is 13.2 Å². The zero-order valence-electron chi connectivity index (χ0n) is 10.5. The van der Waals surface area contributed by atoms with Crippen LogP contribution >= 0.6 is 22.9 Å². The number of hydrogen-bond acceptors (Lipinski definition) is 3. The van der Waals surface area contributed by atoms with Crippen LogP contribution in [0.1, 0.15) is 27.6 Å². The molecule has 108 valence electrons. The first-order chi connectivity index (χ1) is 9.36. The Hall–Kier alpha value is -1.08. The highest BCUT2D eigenvalue weighted by Gasteiger charge is 2.35. The lowest BCUT2D eigenvalue weighted by Crippen LogP contribution is -2.30. The highest BCUT2D eigenvalue weighted by molar-refractivity contribution is 7.10. The fourth-order valence-electron chi connectivity index (χ4n) is 1.96. The predicted molar refractivity (Wildman–Crippen MR) is 74.7 cm³/mol. The lowest BCUT2D eigenvalue weighted by Gasteiger charge is -2.20. The molecule has 1 heterocycles. The second-order valence-corrected chi connectivity index (χ2v) is 5.57. The van der Waals surface area contributed by atoms with E-state index in [9.17, 15) is 13.2 Å². The minimum Gasteiger partial charge on any atom is -0.271 e. The molecule has 1 atom stereocenters. The number of rotatable bonds is 3. The number of hydrazine groups is 1. The van der Waals surface area contributed by atoms with E-state index in [4.69, 9.17) is 17.4 Å². The SMILES string of the molecule is Cc1csc(C(NN)c2ccccc2C(F)(F)F)c1Cl. The summed E-state index contributed by atoms with van der Waals surface area (Å²) in [7, 11) is 0. The van der Waals surface area contributed by atoms with E-state index in [-0.39, 0.29) is 5.56 Å². The van der Waals surface area contributed by atoms with Crippen molar-refractivity contribution in [2.45, 2.75) is 19.1 Å². The molecular weight excluding hydrogens is 309 g/mol. The minimum absolute atomic E-state index is 0.0613. The van der Waals surface area contributed by atoms with Gasteiger partial charge in [-0.1, -0.05) is 29.8 Å². The van der Waals surface area contributed by atoms with Crippen molar-refractivity contribution in [2.24, 2.45) is 5.84 Å². The minimum atomic E-state index is -4.44. The second kappa shape index (κ2) is 5.73. The van der Waals surface area contributed by atoms with Crippen molar-refractivity contribution in [3.05, 3.63) is 56.2 Å². The lowest BCUT2D eigenvalue weighted by atomic mass is 9.99. The zero-order chi connectivity index (χ0) is 14.9. The first kappa shape index (κ1) is 15.3. The Labute approximate surface area is 123 Å². The largest absolute Gasteiger partial charge is 0.416 e. The molecule has 2 rings (SSSR count). The van der Waals surface area contributed by atoms with Gasteiger partial charge in [-0.05, 0) is 29.5 Å². The van der Waals surface area contributed by atoms with Crippen LogP contribution in [0.15, 0.2) is 29.6 Å². The molecule has 1 aromatic heterocycles. The second-order valence-electron chi connectivity index (χ2n) is 4.28. The van der Waals surface area contributed by atoms with E-state index >= 15 is 0 Å². The fourth-order valence-corrected chi connectivity index (χ4v) is 3.34. The number of benzene rings is 1. The average Bonchev–Trinajstić information content (AvgIpc) is 2.72. The maximum Gasteiger partial charge on any atom is 0.416 e. The molecule has 0 amide bonds. The van der Waals surface area contributed by atoms with E-state index in [0.717, 1.165) is 11.6 Å². The highest BCUT2D eigenvalue weighted by atomic mass is 35.5. The Kier molecular flexibility index (Phi) is 4.39. The van der Waals surface area contributed by atoms with E-state index in [1.54, 1.807) is 18.4 Å². The maximum atomic E-state index is 13.1. The Balaban J connectivity index is 2.56. The summed E-state index contributed by atoms with van der Waals surface area (Å²) >= 11 is 7.41. The monoisotopic (exact) mass is 320 g/mol. The summed E-state index contributed by atoms with van der Waals surface area (Å²) < 4.78 is 39.2. The topological polar surface area (TPSA) is 38.0 Å². The van der Waals surface area contributed by atoms with E-state index in [1.807, 2.05) is 0 Å². The van der Waals surface area contributed by atoms with Gasteiger partial charge in [-0.3, -0.25) is 5.84 Å². The van der Waals surface area contributed by atoms with Crippen LogP contribution in [0.3, 0.4) is 0 Å². The van der Waals surface area contributed by atoms with E-state index in [2.05, 4.69) is 5.43 Å². The van der Waals surface area contributed by atoms with Crippen LogP contribution in [-0.4, -0.2) is 0 Å². The molecule has 2 aromatic rings. The molecule has 7 heteroatoms. The van der Waals surface area contributed by atoms with Gasteiger partial charge in [-0.25, -0.2) is 5.43 Å². The van der Waals surface area contributed by atoms with E-state index in [1.165, 1.54) is 23.5 Å². The van der Waals surface area contributed by atoms with E-state index in [0.29, 0.717) is 9.90 Å². The molecule has 0 bridgehead atoms. The number of nitrogens with two attached hydrogens (primary N) is 1. The number of hydrogen-bond donors (Lipinski definition) is 2. The number of halogens is 4. The maximum absolute atomic E-state index is 13.1. The van der Waals surface area contributed by atoms with E-state index < -0.39 is 17.8 Å². The third-order valence-electron chi connectivity index (χ3n) is 2.93. The Morgan fingerprint density at radius 2 is 1.95 bits per heavy atom. The molecule has 0 radical (unpaired) electrons. The van der Waals surface area contributed by atoms with Crippen LogP contribution < -0.4 is 11.3 Å². The third-order valence-corrected chi connectivity index (χ3v) is 4.71. The Morgan fingerprint density at radius 1 is 1.30 bits per heavy atom. The quantitative estimate of drug-likeness (QED) is 0.654. The predicted octanol–water partition coefficient (Wildman–Crippen LogP) is 4.28. The van der Waals surface area contributed by atoms with Crippen LogP contribution in [0, 0.1) is 6.92 Å². The summed E-state index contributed by atoms with van der Waals surface area (Å²) in [4.78, 5) is 0.573. The molecule has 0 aliphatic carbocycles. The third kappa shape index (κ3) is 2.83. The summed E-state index contributed by atoms with van der Waals surface area (Å²) in [6.07, 6.45) is -4.44. The number of alkyl halides is 3. The first-order valence-corrected chi connectivity index (χ1v) is 6.97. The summed E-state index contributed by atoms with van der Waals surface area (Å²) in [5.74, 6) is 5.46. The van der Waals surface area contributed by atoms with Crippen LogP contribution in [0.5, 0.6) is 0 Å². The molecule has 1 aromatic carbocycles. The molecule has 0 saturated carbocycles. The van der Waals surface area contributed by atoms with Crippen molar-refractivity contribution >= 4 is 22.9 Å². The molecule has 3 N–H and O–H groups in total. The molecular formula is C13H12ClF3N2S. The lowest BCUT2D eigenvalue weighted by molar-refractivity contribution is -0.138. The summed E-state index contributed by atoms with van der Waals surface area (Å²) in [6, 6.07) is 4.54. The van der Waals surface area contributed by atoms with Crippen molar-refractivity contribution in [2.75, 3.05) is 0 Å². The Morgan fingerprint density at radius 3 is 2.45 bits per heavy atom. The molecule has 0 saturated heterocycles. The zero-order valence-corrected chi connectivity index (χ0v) is 12.0. The van der Waals surface area contributed by atoms with Crippen LogP contribution in [0.25, 0.3) is 0 Å². The summed E-state index contributed by atoms with van der Waals surface area (Å²) in [6.45, 7) is 1.80. The number of aryl methyl sites for hydroxylation is 1. The highest BCUT2D eigenvalue weighted by Crippen LogP contribution is 2.40. The number of nitrogens with one attached hydrogen (secondary N) is 1. The van der Waals surface area contributed by atoms with Crippen LogP contribution in [-0.2, 0) is 6.18 Å². The van der Waals surface area contributed by atoms with Gasteiger partial charge in [0.05, 0.1) is 16.6 Å². The molecule has 20 heavy (non-hydrogen) atoms. The molecule has 0 aliphatic rings. The molecule has 1 unspecified atom stereocenters. The molecule has 2 nitrogen and oxygen atoms in total. The van der Waals surface area contributed by atoms with Crippen LogP contribution in [0.2, 0.25) is 5.02 Å². The molecule has 0 spiro atoms. The van der Waals surface area contributed by atoms with Crippen molar-refractivity contribution in [1.82, 2.24) is 5.43 Å². The van der Waals surface area contributed by atoms with Gasteiger partial charge in [-0.15, -0.1) is 11.3 Å². The van der Waals surface area contributed by atoms with Gasteiger partial charge in [0.15, 0.2) is 0 Å². The van der Waals surface area contributed by atoms with Gasteiger partial charge in [-0.2, -0.15) is 13.2 Å². The van der Waals surface area contributed by atoms with Gasteiger partial charge < -0.3 is 0 Å². The van der Waals surface area contributed by atoms with Gasteiger partial charge in [0.1, 0.15) is 0 Å². The van der Waals surface area contributed by atoms with Gasteiger partial charge in [0.25, 0.3) is 0 Å². The smallest absolute Gasteiger partial charge is 0.271 e. The van der Waals surface area contributed by atoms with Crippen molar-refractivity contribution in [3.8, 4) is 0 Å². The first-order valence-electron chi connectivity index (χ1n) is 5.72. The molecule has 0 aliphatic heterocycles. The fraction of sp³-hybridized carbons (Fsp3) is 0.231. The normalized spacial score (nSPS) is 13.5. The molecule has 0 fully saturated rings.